The predicted octanol–water partition coefficient (Wildman–Crippen LogP) is 2.44. The lowest BCUT2D eigenvalue weighted by Crippen LogP contribution is -2.24. The molecule has 0 saturated carbocycles. The van der Waals surface area contributed by atoms with Crippen LogP contribution in [0, 0.1) is 5.41 Å². The van der Waals surface area contributed by atoms with Crippen LogP contribution in [0.1, 0.15) is 43.4 Å². The van der Waals surface area contributed by atoms with Crippen LogP contribution in [0.3, 0.4) is 0 Å². The highest BCUT2D eigenvalue weighted by Gasteiger charge is 2.17. The topological polar surface area (TPSA) is 88.2 Å². The molecule has 0 unspecified atom stereocenters. The van der Waals surface area contributed by atoms with Crippen LogP contribution in [0.4, 0.5) is 0 Å². The highest BCUT2D eigenvalue weighted by atomic mass is 16.5. The van der Waals surface area contributed by atoms with Crippen molar-refractivity contribution in [2.24, 2.45) is 5.41 Å². The van der Waals surface area contributed by atoms with Crippen LogP contribution in [0.5, 0.6) is 0 Å². The molecule has 0 saturated heterocycles. The SMILES string of the molecule is CC(C)(C)Cc1nc(-c2cccc(C(=O)NCCCO)c2)no1. The van der Waals surface area contributed by atoms with E-state index in [9.17, 15) is 4.79 Å². The summed E-state index contributed by atoms with van der Waals surface area (Å²) in [5, 5.41) is 15.5. The Balaban J connectivity index is 2.12. The molecule has 23 heavy (non-hydrogen) atoms. The minimum atomic E-state index is -0.182. The third kappa shape index (κ3) is 5.17. The van der Waals surface area contributed by atoms with E-state index >= 15 is 0 Å². The molecule has 0 atom stereocenters. The number of aliphatic hydroxyl groups is 1. The zero-order valence-corrected chi connectivity index (χ0v) is 13.8. The average molecular weight is 317 g/mol. The summed E-state index contributed by atoms with van der Waals surface area (Å²) in [6.07, 6.45) is 1.23. The average Bonchev–Trinajstić information content (AvgIpc) is 2.94. The maximum atomic E-state index is 12.0. The van der Waals surface area contributed by atoms with E-state index in [0.29, 0.717) is 36.7 Å². The molecule has 0 aliphatic heterocycles. The summed E-state index contributed by atoms with van der Waals surface area (Å²) in [5.41, 5.74) is 1.34. The number of nitrogens with zero attached hydrogens (tertiary/aromatic N) is 2. The van der Waals surface area contributed by atoms with Crippen LogP contribution in [-0.4, -0.2) is 34.3 Å². The normalized spacial score (nSPS) is 11.5. The molecular weight excluding hydrogens is 294 g/mol. The van der Waals surface area contributed by atoms with Crippen molar-refractivity contribution in [1.82, 2.24) is 15.5 Å². The maximum absolute atomic E-state index is 12.0. The molecular formula is C17H23N3O3. The van der Waals surface area contributed by atoms with Crippen molar-refractivity contribution in [2.75, 3.05) is 13.2 Å². The van der Waals surface area contributed by atoms with Crippen molar-refractivity contribution >= 4 is 5.91 Å². The molecule has 1 aromatic carbocycles. The Labute approximate surface area is 135 Å². The molecule has 2 rings (SSSR count). The van der Waals surface area contributed by atoms with E-state index in [0.717, 1.165) is 5.56 Å². The molecule has 0 aliphatic rings. The fourth-order valence-electron chi connectivity index (χ4n) is 2.08. The Kier molecular flexibility index (Phi) is 5.50. The van der Waals surface area contributed by atoms with Crippen LogP contribution in [0.2, 0.25) is 0 Å². The molecule has 0 radical (unpaired) electrons. The van der Waals surface area contributed by atoms with Gasteiger partial charge in [0, 0.05) is 30.7 Å². The number of benzene rings is 1. The lowest BCUT2D eigenvalue weighted by Gasteiger charge is -2.13. The van der Waals surface area contributed by atoms with Crippen LogP contribution >= 0.6 is 0 Å². The fourth-order valence-corrected chi connectivity index (χ4v) is 2.08. The number of carbonyl (C=O) groups excluding carboxylic acids is 1. The van der Waals surface area contributed by atoms with Gasteiger partial charge in [0.2, 0.25) is 11.7 Å². The number of amides is 1. The Morgan fingerprint density at radius 3 is 2.83 bits per heavy atom. The highest BCUT2D eigenvalue weighted by molar-refractivity contribution is 5.95. The molecule has 0 bridgehead atoms. The summed E-state index contributed by atoms with van der Waals surface area (Å²) in [5.74, 6) is 0.887. The third-order valence-electron chi connectivity index (χ3n) is 3.15. The minimum Gasteiger partial charge on any atom is -0.396 e. The summed E-state index contributed by atoms with van der Waals surface area (Å²) in [7, 11) is 0. The lowest BCUT2D eigenvalue weighted by molar-refractivity contribution is 0.0951. The smallest absolute Gasteiger partial charge is 0.251 e. The van der Waals surface area contributed by atoms with E-state index in [-0.39, 0.29) is 17.9 Å². The third-order valence-corrected chi connectivity index (χ3v) is 3.15. The Hall–Kier alpha value is -2.21. The standard InChI is InChI=1S/C17H23N3O3/c1-17(2,3)11-14-19-15(20-23-14)12-6-4-7-13(10-12)16(22)18-8-5-9-21/h4,6-7,10,21H,5,8-9,11H2,1-3H3,(H,18,22). The summed E-state index contributed by atoms with van der Waals surface area (Å²) in [6, 6.07) is 7.10. The number of hydrogen-bond acceptors (Lipinski definition) is 5. The molecule has 0 aliphatic carbocycles. The van der Waals surface area contributed by atoms with Gasteiger partial charge in [0.05, 0.1) is 0 Å². The van der Waals surface area contributed by atoms with Crippen molar-refractivity contribution in [3.8, 4) is 11.4 Å². The van der Waals surface area contributed by atoms with Crippen molar-refractivity contribution in [1.29, 1.82) is 0 Å². The number of carbonyl (C=O) groups is 1. The number of aliphatic hydroxyl groups excluding tert-OH is 1. The van der Waals surface area contributed by atoms with Gasteiger partial charge < -0.3 is 14.9 Å². The number of rotatable bonds is 6. The first-order valence-electron chi connectivity index (χ1n) is 7.71. The fraction of sp³-hybridized carbons (Fsp3) is 0.471. The quantitative estimate of drug-likeness (QED) is 0.799. The first-order valence-corrected chi connectivity index (χ1v) is 7.71. The maximum Gasteiger partial charge on any atom is 0.251 e. The van der Waals surface area contributed by atoms with Gasteiger partial charge in [-0.15, -0.1) is 0 Å². The van der Waals surface area contributed by atoms with Crippen molar-refractivity contribution in [2.45, 2.75) is 33.6 Å². The largest absolute Gasteiger partial charge is 0.396 e. The molecule has 6 heteroatoms. The van der Waals surface area contributed by atoms with Gasteiger partial charge >= 0.3 is 0 Å². The molecule has 2 aromatic rings. The van der Waals surface area contributed by atoms with Crippen LogP contribution in [-0.2, 0) is 6.42 Å². The predicted molar refractivity (Wildman–Crippen MR) is 86.9 cm³/mol. The zero-order chi connectivity index (χ0) is 16.9. The molecule has 2 N–H and O–H groups in total. The summed E-state index contributed by atoms with van der Waals surface area (Å²) in [6.45, 7) is 6.81. The second-order valence-corrected chi connectivity index (χ2v) is 6.66. The van der Waals surface area contributed by atoms with Crippen molar-refractivity contribution in [3.63, 3.8) is 0 Å². The molecule has 124 valence electrons. The Morgan fingerprint density at radius 2 is 2.13 bits per heavy atom. The number of nitrogens with one attached hydrogen (secondary N) is 1. The van der Waals surface area contributed by atoms with Crippen LogP contribution in [0.25, 0.3) is 11.4 Å². The first-order chi connectivity index (χ1) is 10.9. The minimum absolute atomic E-state index is 0.0553. The molecule has 0 fully saturated rings. The van der Waals surface area contributed by atoms with E-state index in [1.54, 1.807) is 18.2 Å². The second kappa shape index (κ2) is 7.37. The Morgan fingerprint density at radius 1 is 1.35 bits per heavy atom. The van der Waals surface area contributed by atoms with Gasteiger partial charge in [-0.3, -0.25) is 4.79 Å². The molecule has 1 heterocycles. The molecule has 1 aromatic heterocycles. The van der Waals surface area contributed by atoms with Gasteiger partial charge in [-0.05, 0) is 24.0 Å². The summed E-state index contributed by atoms with van der Waals surface area (Å²) < 4.78 is 5.29. The molecule has 6 nitrogen and oxygen atoms in total. The summed E-state index contributed by atoms with van der Waals surface area (Å²) >= 11 is 0. The second-order valence-electron chi connectivity index (χ2n) is 6.66. The highest BCUT2D eigenvalue weighted by Crippen LogP contribution is 2.22. The van der Waals surface area contributed by atoms with E-state index in [2.05, 4.69) is 36.2 Å². The number of hydrogen-bond donors (Lipinski definition) is 2. The van der Waals surface area contributed by atoms with E-state index in [1.165, 1.54) is 0 Å². The zero-order valence-electron chi connectivity index (χ0n) is 13.8. The van der Waals surface area contributed by atoms with Crippen LogP contribution in [0.15, 0.2) is 28.8 Å². The first kappa shape index (κ1) is 17.1. The van der Waals surface area contributed by atoms with Gasteiger partial charge in [-0.25, -0.2) is 0 Å². The van der Waals surface area contributed by atoms with Crippen molar-refractivity contribution < 1.29 is 14.4 Å². The van der Waals surface area contributed by atoms with Gasteiger partial charge in [0.25, 0.3) is 5.91 Å². The number of aromatic nitrogens is 2. The lowest BCUT2D eigenvalue weighted by atomic mass is 9.92. The molecule has 1 amide bonds. The van der Waals surface area contributed by atoms with E-state index in [1.807, 2.05) is 6.07 Å². The van der Waals surface area contributed by atoms with Gasteiger partial charge in [0.1, 0.15) is 0 Å². The van der Waals surface area contributed by atoms with Crippen LogP contribution < -0.4 is 5.32 Å². The van der Waals surface area contributed by atoms with Gasteiger partial charge in [-0.1, -0.05) is 38.1 Å². The monoisotopic (exact) mass is 317 g/mol. The molecule has 0 spiro atoms. The van der Waals surface area contributed by atoms with Crippen molar-refractivity contribution in [3.05, 3.63) is 35.7 Å². The van der Waals surface area contributed by atoms with E-state index in [4.69, 9.17) is 9.63 Å². The Bertz CT molecular complexity index is 659. The summed E-state index contributed by atoms with van der Waals surface area (Å²) in [4.78, 5) is 16.4. The van der Waals surface area contributed by atoms with E-state index < -0.39 is 0 Å². The van der Waals surface area contributed by atoms with Gasteiger partial charge in [0.15, 0.2) is 0 Å². The van der Waals surface area contributed by atoms with Gasteiger partial charge in [-0.2, -0.15) is 4.98 Å².